The lowest BCUT2D eigenvalue weighted by molar-refractivity contribution is -0.133. The SMILES string of the molecule is CC(Cl)C(=O)Oc1cc(Cl)ccc1-c1ccccc1. The zero-order valence-electron chi connectivity index (χ0n) is 10.3. The Kier molecular flexibility index (Phi) is 4.46. The normalized spacial score (nSPS) is 11.9. The molecule has 1 atom stereocenters. The first-order chi connectivity index (χ1) is 9.08. The summed E-state index contributed by atoms with van der Waals surface area (Å²) in [5, 5.41) is -0.202. The minimum absolute atomic E-state index is 0.413. The zero-order valence-corrected chi connectivity index (χ0v) is 11.8. The van der Waals surface area contributed by atoms with E-state index in [0.717, 1.165) is 11.1 Å². The van der Waals surface area contributed by atoms with Crippen molar-refractivity contribution in [2.75, 3.05) is 0 Å². The molecule has 19 heavy (non-hydrogen) atoms. The lowest BCUT2D eigenvalue weighted by Gasteiger charge is -2.11. The smallest absolute Gasteiger partial charge is 0.329 e. The van der Waals surface area contributed by atoms with Gasteiger partial charge in [-0.15, -0.1) is 11.6 Å². The van der Waals surface area contributed by atoms with Crippen LogP contribution in [0.2, 0.25) is 5.02 Å². The zero-order chi connectivity index (χ0) is 13.8. The van der Waals surface area contributed by atoms with Gasteiger partial charge in [-0.3, -0.25) is 4.79 Å². The number of ether oxygens (including phenoxy) is 1. The molecule has 0 bridgehead atoms. The third-order valence-corrected chi connectivity index (χ3v) is 2.98. The average Bonchev–Trinajstić information content (AvgIpc) is 2.39. The number of hydrogen-bond donors (Lipinski definition) is 0. The van der Waals surface area contributed by atoms with Crippen molar-refractivity contribution in [2.45, 2.75) is 12.3 Å². The van der Waals surface area contributed by atoms with Crippen LogP contribution in [0.25, 0.3) is 11.1 Å². The van der Waals surface area contributed by atoms with Gasteiger partial charge >= 0.3 is 5.97 Å². The summed E-state index contributed by atoms with van der Waals surface area (Å²) in [4.78, 5) is 11.6. The summed E-state index contributed by atoms with van der Waals surface area (Å²) >= 11 is 11.7. The van der Waals surface area contributed by atoms with E-state index >= 15 is 0 Å². The van der Waals surface area contributed by atoms with Crippen LogP contribution >= 0.6 is 23.2 Å². The Labute approximate surface area is 121 Å². The van der Waals surface area contributed by atoms with Crippen LogP contribution in [-0.4, -0.2) is 11.3 Å². The fourth-order valence-corrected chi connectivity index (χ4v) is 1.83. The molecule has 2 rings (SSSR count). The lowest BCUT2D eigenvalue weighted by Crippen LogP contribution is -2.17. The second kappa shape index (κ2) is 6.09. The summed E-state index contributed by atoms with van der Waals surface area (Å²) < 4.78 is 5.29. The van der Waals surface area contributed by atoms with Crippen molar-refractivity contribution in [1.29, 1.82) is 0 Å². The molecular weight excluding hydrogens is 283 g/mol. The summed E-state index contributed by atoms with van der Waals surface area (Å²) in [6.45, 7) is 1.57. The van der Waals surface area contributed by atoms with Crippen LogP contribution < -0.4 is 4.74 Å². The largest absolute Gasteiger partial charge is 0.425 e. The van der Waals surface area contributed by atoms with E-state index in [2.05, 4.69) is 0 Å². The number of hydrogen-bond acceptors (Lipinski definition) is 2. The van der Waals surface area contributed by atoms with Gasteiger partial charge in [0.15, 0.2) is 0 Å². The Morgan fingerprint density at radius 2 is 1.84 bits per heavy atom. The molecule has 0 spiro atoms. The van der Waals surface area contributed by atoms with Gasteiger partial charge in [-0.05, 0) is 24.6 Å². The van der Waals surface area contributed by atoms with Gasteiger partial charge in [0.25, 0.3) is 0 Å². The van der Waals surface area contributed by atoms with Crippen LogP contribution in [0.1, 0.15) is 6.92 Å². The second-order valence-corrected chi connectivity index (χ2v) is 5.13. The van der Waals surface area contributed by atoms with E-state index < -0.39 is 11.3 Å². The number of rotatable bonds is 3. The number of carbonyl (C=O) groups is 1. The predicted molar refractivity (Wildman–Crippen MR) is 77.8 cm³/mol. The molecule has 0 aromatic heterocycles. The van der Waals surface area contributed by atoms with E-state index in [1.54, 1.807) is 19.1 Å². The molecule has 0 saturated heterocycles. The van der Waals surface area contributed by atoms with Gasteiger partial charge in [0.1, 0.15) is 11.1 Å². The maximum absolute atomic E-state index is 11.6. The van der Waals surface area contributed by atoms with Gasteiger partial charge in [-0.2, -0.15) is 0 Å². The predicted octanol–water partition coefficient (Wildman–Crippen LogP) is 4.54. The number of esters is 1. The van der Waals surface area contributed by atoms with Crippen molar-refractivity contribution in [3.05, 3.63) is 53.6 Å². The summed E-state index contributed by atoms with van der Waals surface area (Å²) in [7, 11) is 0. The molecule has 1 unspecified atom stereocenters. The molecule has 2 nitrogen and oxygen atoms in total. The Morgan fingerprint density at radius 1 is 1.16 bits per heavy atom. The third-order valence-electron chi connectivity index (χ3n) is 2.56. The Hall–Kier alpha value is -1.51. The first-order valence-electron chi connectivity index (χ1n) is 5.78. The van der Waals surface area contributed by atoms with Gasteiger partial charge in [-0.25, -0.2) is 0 Å². The molecule has 0 aliphatic heterocycles. The fourth-order valence-electron chi connectivity index (χ4n) is 1.63. The monoisotopic (exact) mass is 294 g/mol. The summed E-state index contributed by atoms with van der Waals surface area (Å²) in [6, 6.07) is 14.8. The fraction of sp³-hybridized carbons (Fsp3) is 0.133. The van der Waals surface area contributed by atoms with Gasteiger partial charge < -0.3 is 4.74 Å². The topological polar surface area (TPSA) is 26.3 Å². The Morgan fingerprint density at radius 3 is 2.47 bits per heavy atom. The van der Waals surface area contributed by atoms with E-state index in [9.17, 15) is 4.79 Å². The highest BCUT2D eigenvalue weighted by Gasteiger charge is 2.15. The van der Waals surface area contributed by atoms with Crippen molar-refractivity contribution in [3.63, 3.8) is 0 Å². The highest BCUT2D eigenvalue weighted by atomic mass is 35.5. The van der Waals surface area contributed by atoms with E-state index in [-0.39, 0.29) is 0 Å². The van der Waals surface area contributed by atoms with Crippen LogP contribution in [0.15, 0.2) is 48.5 Å². The lowest BCUT2D eigenvalue weighted by atomic mass is 10.0. The van der Waals surface area contributed by atoms with E-state index in [1.807, 2.05) is 36.4 Å². The van der Waals surface area contributed by atoms with Gasteiger partial charge in [0.2, 0.25) is 0 Å². The highest BCUT2D eigenvalue weighted by Crippen LogP contribution is 2.32. The molecule has 98 valence electrons. The Bertz CT molecular complexity index is 580. The van der Waals surface area contributed by atoms with Crippen molar-refractivity contribution < 1.29 is 9.53 Å². The van der Waals surface area contributed by atoms with Crippen LogP contribution in [0.4, 0.5) is 0 Å². The molecule has 0 fully saturated rings. The maximum atomic E-state index is 11.6. The first-order valence-corrected chi connectivity index (χ1v) is 6.60. The van der Waals surface area contributed by atoms with E-state index in [0.29, 0.717) is 10.8 Å². The number of halogens is 2. The average molecular weight is 295 g/mol. The molecule has 2 aromatic rings. The van der Waals surface area contributed by atoms with Crippen molar-refractivity contribution in [2.24, 2.45) is 0 Å². The van der Waals surface area contributed by atoms with Crippen LogP contribution in [0.3, 0.4) is 0 Å². The van der Waals surface area contributed by atoms with Gasteiger partial charge in [0.05, 0.1) is 0 Å². The maximum Gasteiger partial charge on any atom is 0.329 e. The molecule has 0 heterocycles. The van der Waals surface area contributed by atoms with E-state index in [1.165, 1.54) is 0 Å². The number of alkyl halides is 1. The molecule has 4 heteroatoms. The second-order valence-electron chi connectivity index (χ2n) is 4.04. The number of carbonyl (C=O) groups excluding carboxylic acids is 1. The molecule has 2 aromatic carbocycles. The molecule has 0 aliphatic carbocycles. The van der Waals surface area contributed by atoms with Gasteiger partial charge in [-0.1, -0.05) is 41.9 Å². The number of benzene rings is 2. The Balaban J connectivity index is 2.42. The van der Waals surface area contributed by atoms with Crippen LogP contribution in [0.5, 0.6) is 5.75 Å². The molecule has 0 radical (unpaired) electrons. The van der Waals surface area contributed by atoms with Crippen LogP contribution in [0, 0.1) is 0 Å². The summed E-state index contributed by atoms with van der Waals surface area (Å²) in [5.74, 6) is -0.0858. The van der Waals surface area contributed by atoms with Crippen molar-refractivity contribution in [3.8, 4) is 16.9 Å². The van der Waals surface area contributed by atoms with Gasteiger partial charge in [0, 0.05) is 16.7 Å². The van der Waals surface area contributed by atoms with Crippen molar-refractivity contribution >= 4 is 29.2 Å². The third kappa shape index (κ3) is 3.49. The standard InChI is InChI=1S/C15H12Cl2O2/c1-10(16)15(18)19-14-9-12(17)7-8-13(14)11-5-3-2-4-6-11/h2-10H,1H3. The molecule has 0 aliphatic rings. The highest BCUT2D eigenvalue weighted by molar-refractivity contribution is 6.31. The summed E-state index contributed by atoms with van der Waals surface area (Å²) in [6.07, 6.45) is 0. The summed E-state index contributed by atoms with van der Waals surface area (Å²) in [5.41, 5.74) is 1.75. The molecule has 0 amide bonds. The van der Waals surface area contributed by atoms with Crippen LogP contribution in [-0.2, 0) is 4.79 Å². The van der Waals surface area contributed by atoms with E-state index in [4.69, 9.17) is 27.9 Å². The molecule has 0 saturated carbocycles. The minimum Gasteiger partial charge on any atom is -0.425 e. The first kappa shape index (κ1) is 13.9. The molecular formula is C15H12Cl2O2. The minimum atomic E-state index is -0.706. The van der Waals surface area contributed by atoms with Crippen molar-refractivity contribution in [1.82, 2.24) is 0 Å². The quantitative estimate of drug-likeness (QED) is 0.472. The molecule has 0 N–H and O–H groups in total.